The molecule has 0 aliphatic carbocycles. The predicted octanol–water partition coefficient (Wildman–Crippen LogP) is 3.25. The fourth-order valence-corrected chi connectivity index (χ4v) is 2.62. The minimum Gasteiger partial charge on any atom is -0.342 e. The molecule has 4 nitrogen and oxygen atoms in total. The molecule has 0 fully saturated rings. The molecule has 0 bridgehead atoms. The molecular formula is C20H19N3O. The summed E-state index contributed by atoms with van der Waals surface area (Å²) in [5, 5.41) is 3.02. The number of hydrogen-bond acceptors (Lipinski definition) is 3. The molecule has 3 aromatic rings. The van der Waals surface area contributed by atoms with Gasteiger partial charge in [-0.1, -0.05) is 66.7 Å². The molecule has 4 heteroatoms. The van der Waals surface area contributed by atoms with Crippen LogP contribution in [-0.2, 0) is 0 Å². The summed E-state index contributed by atoms with van der Waals surface area (Å²) >= 11 is 0. The Kier molecular flexibility index (Phi) is 4.99. The van der Waals surface area contributed by atoms with Gasteiger partial charge < -0.3 is 11.1 Å². The summed E-state index contributed by atoms with van der Waals surface area (Å²) in [5.74, 6) is -0.240. The van der Waals surface area contributed by atoms with Crippen LogP contribution in [0.3, 0.4) is 0 Å². The van der Waals surface area contributed by atoms with Gasteiger partial charge in [-0.25, -0.2) is 0 Å². The first kappa shape index (κ1) is 15.9. The van der Waals surface area contributed by atoms with Gasteiger partial charge >= 0.3 is 0 Å². The minimum atomic E-state index is -0.360. The monoisotopic (exact) mass is 317 g/mol. The maximum atomic E-state index is 12.5. The first-order valence-electron chi connectivity index (χ1n) is 7.83. The third-order valence-electron chi connectivity index (χ3n) is 3.89. The van der Waals surface area contributed by atoms with Crippen molar-refractivity contribution in [1.82, 2.24) is 10.3 Å². The highest BCUT2D eigenvalue weighted by molar-refractivity contribution is 5.92. The Morgan fingerprint density at radius 2 is 1.42 bits per heavy atom. The number of nitrogens with two attached hydrogens (primary N) is 1. The SMILES string of the molecule is N[C@H](c1ccccc1)[C@H](NC(=O)c1ccccn1)c1ccccc1. The van der Waals surface area contributed by atoms with Crippen LogP contribution >= 0.6 is 0 Å². The largest absolute Gasteiger partial charge is 0.342 e. The standard InChI is InChI=1S/C20H19N3O/c21-18(15-9-3-1-4-10-15)19(16-11-5-2-6-12-16)23-20(24)17-13-7-8-14-22-17/h1-14,18-19H,21H2,(H,23,24)/t18-,19-/m1/s1. The third-order valence-corrected chi connectivity index (χ3v) is 3.89. The number of nitrogens with zero attached hydrogens (tertiary/aromatic N) is 1. The number of benzene rings is 2. The molecule has 1 heterocycles. The Bertz CT molecular complexity index is 776. The fraction of sp³-hybridized carbons (Fsp3) is 0.100. The van der Waals surface area contributed by atoms with E-state index in [1.165, 1.54) is 0 Å². The Labute approximate surface area is 141 Å². The number of aromatic nitrogens is 1. The fourth-order valence-electron chi connectivity index (χ4n) is 2.62. The predicted molar refractivity (Wildman–Crippen MR) is 94.3 cm³/mol. The molecule has 2 aromatic carbocycles. The van der Waals surface area contributed by atoms with Crippen molar-refractivity contribution in [3.63, 3.8) is 0 Å². The smallest absolute Gasteiger partial charge is 0.270 e. The molecule has 0 unspecified atom stereocenters. The highest BCUT2D eigenvalue weighted by atomic mass is 16.1. The van der Waals surface area contributed by atoms with Gasteiger partial charge in [-0.05, 0) is 23.3 Å². The summed E-state index contributed by atoms with van der Waals surface area (Å²) in [6, 6.07) is 24.1. The first-order valence-corrected chi connectivity index (χ1v) is 7.83. The van der Waals surface area contributed by atoms with Crippen molar-refractivity contribution in [2.24, 2.45) is 5.73 Å². The lowest BCUT2D eigenvalue weighted by molar-refractivity contribution is 0.0925. The summed E-state index contributed by atoms with van der Waals surface area (Å²) in [6.07, 6.45) is 1.60. The van der Waals surface area contributed by atoms with Gasteiger partial charge in [0.05, 0.1) is 12.1 Å². The molecule has 1 aromatic heterocycles. The van der Waals surface area contributed by atoms with E-state index in [2.05, 4.69) is 10.3 Å². The molecule has 120 valence electrons. The Morgan fingerprint density at radius 1 is 0.833 bits per heavy atom. The molecule has 0 saturated heterocycles. The zero-order valence-corrected chi connectivity index (χ0v) is 13.2. The van der Waals surface area contributed by atoms with Crippen molar-refractivity contribution in [3.8, 4) is 0 Å². The van der Waals surface area contributed by atoms with E-state index in [0.29, 0.717) is 5.69 Å². The van der Waals surface area contributed by atoms with E-state index in [0.717, 1.165) is 11.1 Å². The van der Waals surface area contributed by atoms with Crippen LogP contribution in [0.25, 0.3) is 0 Å². The van der Waals surface area contributed by atoms with E-state index >= 15 is 0 Å². The number of amides is 1. The van der Waals surface area contributed by atoms with Crippen molar-refractivity contribution in [2.75, 3.05) is 0 Å². The number of rotatable bonds is 5. The number of carbonyl (C=O) groups is 1. The maximum Gasteiger partial charge on any atom is 0.270 e. The molecule has 3 rings (SSSR count). The second-order valence-electron chi connectivity index (χ2n) is 5.51. The molecule has 0 radical (unpaired) electrons. The van der Waals surface area contributed by atoms with Crippen LogP contribution in [0.2, 0.25) is 0 Å². The zero-order chi connectivity index (χ0) is 16.8. The third kappa shape index (κ3) is 3.67. The van der Waals surface area contributed by atoms with Crippen molar-refractivity contribution in [1.29, 1.82) is 0 Å². The average Bonchev–Trinajstić information content (AvgIpc) is 2.67. The Morgan fingerprint density at radius 3 is 2.00 bits per heavy atom. The van der Waals surface area contributed by atoms with E-state index in [-0.39, 0.29) is 18.0 Å². The van der Waals surface area contributed by atoms with Gasteiger partial charge in [-0.15, -0.1) is 0 Å². The van der Waals surface area contributed by atoms with Crippen molar-refractivity contribution in [3.05, 3.63) is 102 Å². The molecule has 0 spiro atoms. The van der Waals surface area contributed by atoms with Crippen molar-refractivity contribution < 1.29 is 4.79 Å². The van der Waals surface area contributed by atoms with Crippen LogP contribution in [0.5, 0.6) is 0 Å². The lowest BCUT2D eigenvalue weighted by Crippen LogP contribution is -2.36. The van der Waals surface area contributed by atoms with Gasteiger partial charge in [0.15, 0.2) is 0 Å². The average molecular weight is 317 g/mol. The molecule has 2 atom stereocenters. The highest BCUT2D eigenvalue weighted by Gasteiger charge is 2.24. The van der Waals surface area contributed by atoms with Crippen LogP contribution in [0, 0.1) is 0 Å². The van der Waals surface area contributed by atoms with Gasteiger partial charge in [0.2, 0.25) is 0 Å². The van der Waals surface area contributed by atoms with E-state index in [9.17, 15) is 4.79 Å². The van der Waals surface area contributed by atoms with Crippen LogP contribution in [0.4, 0.5) is 0 Å². The first-order chi connectivity index (χ1) is 11.8. The van der Waals surface area contributed by atoms with Gasteiger partial charge in [0, 0.05) is 6.20 Å². The normalized spacial score (nSPS) is 13.0. The molecular weight excluding hydrogens is 298 g/mol. The van der Waals surface area contributed by atoms with Gasteiger partial charge in [-0.3, -0.25) is 9.78 Å². The van der Waals surface area contributed by atoms with Crippen LogP contribution in [0.15, 0.2) is 85.1 Å². The van der Waals surface area contributed by atoms with E-state index in [1.807, 2.05) is 60.7 Å². The molecule has 24 heavy (non-hydrogen) atoms. The summed E-state index contributed by atoms with van der Waals surface area (Å²) in [5.41, 5.74) is 8.76. The molecule has 0 saturated carbocycles. The molecule has 0 aliphatic heterocycles. The lowest BCUT2D eigenvalue weighted by Gasteiger charge is -2.26. The van der Waals surface area contributed by atoms with Gasteiger partial charge in [0.25, 0.3) is 5.91 Å². The second-order valence-corrected chi connectivity index (χ2v) is 5.51. The van der Waals surface area contributed by atoms with Gasteiger partial charge in [-0.2, -0.15) is 0 Å². The second kappa shape index (κ2) is 7.53. The number of pyridine rings is 1. The van der Waals surface area contributed by atoms with Crippen molar-refractivity contribution in [2.45, 2.75) is 12.1 Å². The Balaban J connectivity index is 1.90. The minimum absolute atomic E-state index is 0.240. The molecule has 3 N–H and O–H groups in total. The van der Waals surface area contributed by atoms with E-state index in [1.54, 1.807) is 24.4 Å². The molecule has 0 aliphatic rings. The Hall–Kier alpha value is -2.98. The number of carbonyl (C=O) groups excluding carboxylic acids is 1. The van der Waals surface area contributed by atoms with Crippen molar-refractivity contribution >= 4 is 5.91 Å². The summed E-state index contributed by atoms with van der Waals surface area (Å²) < 4.78 is 0. The van der Waals surface area contributed by atoms with E-state index in [4.69, 9.17) is 5.73 Å². The summed E-state index contributed by atoms with van der Waals surface area (Å²) in [7, 11) is 0. The zero-order valence-electron chi connectivity index (χ0n) is 13.2. The van der Waals surface area contributed by atoms with Crippen LogP contribution in [-0.4, -0.2) is 10.9 Å². The number of nitrogens with one attached hydrogen (secondary N) is 1. The van der Waals surface area contributed by atoms with Crippen LogP contribution in [0.1, 0.15) is 33.7 Å². The lowest BCUT2D eigenvalue weighted by atomic mass is 9.94. The van der Waals surface area contributed by atoms with Gasteiger partial charge in [0.1, 0.15) is 5.69 Å². The molecule has 1 amide bonds. The topological polar surface area (TPSA) is 68.0 Å². The van der Waals surface area contributed by atoms with E-state index < -0.39 is 0 Å². The quantitative estimate of drug-likeness (QED) is 0.759. The summed E-state index contributed by atoms with van der Waals surface area (Å²) in [4.78, 5) is 16.6. The summed E-state index contributed by atoms with van der Waals surface area (Å²) in [6.45, 7) is 0. The number of hydrogen-bond donors (Lipinski definition) is 2. The van der Waals surface area contributed by atoms with Crippen LogP contribution < -0.4 is 11.1 Å². The maximum absolute atomic E-state index is 12.5. The highest BCUT2D eigenvalue weighted by Crippen LogP contribution is 2.27.